The zero-order chi connectivity index (χ0) is 22.7. The molecule has 0 saturated heterocycles. The van der Waals surface area contributed by atoms with E-state index in [1.165, 1.54) is 12.1 Å². The Hall–Kier alpha value is -1.23. The molecule has 0 N–H and O–H groups in total. The summed E-state index contributed by atoms with van der Waals surface area (Å²) in [5.41, 5.74) is 0.987. The number of unbranched alkanes of at least 4 members (excludes halogenated alkanes) is 3. The zero-order valence-corrected chi connectivity index (χ0v) is 22.1. The fourth-order valence-electron chi connectivity index (χ4n) is 4.52. The first-order valence-corrected chi connectivity index (χ1v) is 19.3. The average Bonchev–Trinajstić information content (AvgIpc) is 2.77. The van der Waals surface area contributed by atoms with Gasteiger partial charge in [-0.25, -0.2) is 0 Å². The summed E-state index contributed by atoms with van der Waals surface area (Å²) in [5, 5.41) is 0. The minimum absolute atomic E-state index is 0.443. The molecule has 0 saturated carbocycles. The van der Waals surface area contributed by atoms with E-state index in [4.69, 9.17) is 0 Å². The molecular weight excluding hydrogens is 500 g/mol. The van der Waals surface area contributed by atoms with Gasteiger partial charge in [0, 0.05) is 0 Å². The molecule has 2 aromatic carbocycles. The Morgan fingerprint density at radius 1 is 0.742 bits per heavy atom. The first kappa shape index (κ1) is 26.0. The Labute approximate surface area is 190 Å². The topological polar surface area (TPSA) is 0 Å². The molecule has 0 spiro atoms. The van der Waals surface area contributed by atoms with E-state index in [9.17, 15) is 13.2 Å². The maximum absolute atomic E-state index is 14.1. The first-order chi connectivity index (χ1) is 14.9. The van der Waals surface area contributed by atoms with Gasteiger partial charge in [-0.3, -0.25) is 0 Å². The summed E-state index contributed by atoms with van der Waals surface area (Å²) in [4.78, 5) is 0. The van der Waals surface area contributed by atoms with Gasteiger partial charge in [-0.15, -0.1) is 0 Å². The molecule has 2 aromatic rings. The minimum atomic E-state index is -4.34. The molecular formula is C27H37F3Sn. The second-order valence-electron chi connectivity index (χ2n) is 8.60. The van der Waals surface area contributed by atoms with Crippen LogP contribution >= 0.6 is 0 Å². The molecule has 0 atom stereocenters. The van der Waals surface area contributed by atoms with Gasteiger partial charge >= 0.3 is 191 Å². The molecule has 0 radical (unpaired) electrons. The van der Waals surface area contributed by atoms with Crippen molar-refractivity contribution in [2.24, 2.45) is 0 Å². The summed E-state index contributed by atoms with van der Waals surface area (Å²) in [7, 11) is 0. The fraction of sp³-hybridized carbons (Fsp3) is 0.481. The van der Waals surface area contributed by atoms with E-state index < -0.39 is 30.1 Å². The van der Waals surface area contributed by atoms with Crippen LogP contribution in [0.4, 0.5) is 13.2 Å². The molecule has 31 heavy (non-hydrogen) atoms. The Balaban J connectivity index is 2.78. The Bertz CT molecular complexity index is 787. The van der Waals surface area contributed by atoms with Gasteiger partial charge in [0.05, 0.1) is 0 Å². The zero-order valence-electron chi connectivity index (χ0n) is 19.3. The van der Waals surface area contributed by atoms with Crippen molar-refractivity contribution in [1.29, 1.82) is 0 Å². The van der Waals surface area contributed by atoms with Crippen LogP contribution in [0, 0.1) is 0 Å². The van der Waals surface area contributed by atoms with Crippen molar-refractivity contribution in [3.05, 3.63) is 71.3 Å². The van der Waals surface area contributed by atoms with Crippen LogP contribution in [0.25, 0.3) is 9.67 Å². The van der Waals surface area contributed by atoms with Gasteiger partial charge in [0.2, 0.25) is 0 Å². The van der Waals surface area contributed by atoms with E-state index in [-0.39, 0.29) is 0 Å². The van der Waals surface area contributed by atoms with E-state index in [2.05, 4.69) is 26.8 Å². The van der Waals surface area contributed by atoms with E-state index in [0.717, 1.165) is 61.0 Å². The van der Waals surface area contributed by atoms with Gasteiger partial charge in [-0.2, -0.15) is 0 Å². The third-order valence-electron chi connectivity index (χ3n) is 6.23. The number of rotatable bonds is 12. The van der Waals surface area contributed by atoms with E-state index in [1.54, 1.807) is 12.1 Å². The van der Waals surface area contributed by atoms with Crippen molar-refractivity contribution < 1.29 is 13.2 Å². The average molecular weight is 537 g/mol. The van der Waals surface area contributed by atoms with Crippen molar-refractivity contribution in [3.63, 3.8) is 0 Å². The molecule has 0 heterocycles. The number of alkyl halides is 3. The molecule has 0 aromatic heterocycles. The van der Waals surface area contributed by atoms with Crippen LogP contribution in [-0.2, 0) is 6.18 Å². The van der Waals surface area contributed by atoms with Crippen molar-refractivity contribution in [2.75, 3.05) is 0 Å². The number of hydrogen-bond donors (Lipinski definition) is 0. The van der Waals surface area contributed by atoms with Gasteiger partial charge in [0.1, 0.15) is 0 Å². The Morgan fingerprint density at radius 2 is 1.23 bits per heavy atom. The second-order valence-corrected chi connectivity index (χ2v) is 21.7. The summed E-state index contributed by atoms with van der Waals surface area (Å²) in [6.45, 7) is 6.58. The molecule has 0 aliphatic heterocycles. The number of benzene rings is 2. The summed E-state index contributed by atoms with van der Waals surface area (Å²) in [5.74, 6) is 0. The predicted octanol–water partition coefficient (Wildman–Crippen LogP) is 9.63. The van der Waals surface area contributed by atoms with Crippen molar-refractivity contribution >= 4 is 28.0 Å². The van der Waals surface area contributed by atoms with Crippen LogP contribution in [0.3, 0.4) is 0 Å². The Kier molecular flexibility index (Phi) is 10.7. The molecule has 0 aliphatic carbocycles. The van der Waals surface area contributed by atoms with Gasteiger partial charge < -0.3 is 0 Å². The molecule has 0 aliphatic rings. The first-order valence-electron chi connectivity index (χ1n) is 11.8. The van der Waals surface area contributed by atoms with Crippen molar-refractivity contribution in [1.82, 2.24) is 0 Å². The molecule has 0 unspecified atom stereocenters. The molecule has 0 bridgehead atoms. The third kappa shape index (κ3) is 7.40. The third-order valence-corrected chi connectivity index (χ3v) is 21.9. The SMILES string of the molecule is CCC[CH2][Sn]([CH2]CCC)([CH2]CCC)/[C](=C\c1ccccc1)c1ccccc1C(F)(F)F. The molecule has 170 valence electrons. The number of halogens is 3. The molecule has 2 rings (SSSR count). The monoisotopic (exact) mass is 538 g/mol. The van der Waals surface area contributed by atoms with Gasteiger partial charge in [-0.1, -0.05) is 0 Å². The van der Waals surface area contributed by atoms with Crippen LogP contribution in [0.2, 0.25) is 13.3 Å². The molecule has 0 amide bonds. The maximum atomic E-state index is 14.1. The van der Waals surface area contributed by atoms with Crippen LogP contribution in [0.1, 0.15) is 76.0 Å². The summed E-state index contributed by atoms with van der Waals surface area (Å²) < 4.78 is 46.7. The summed E-state index contributed by atoms with van der Waals surface area (Å²) in [6.07, 6.45) is 4.41. The second kappa shape index (κ2) is 12.7. The summed E-state index contributed by atoms with van der Waals surface area (Å²) >= 11 is -3.14. The molecule has 0 fully saturated rings. The van der Waals surface area contributed by atoms with Crippen molar-refractivity contribution in [3.8, 4) is 0 Å². The van der Waals surface area contributed by atoms with E-state index in [1.807, 2.05) is 30.3 Å². The van der Waals surface area contributed by atoms with Gasteiger partial charge in [-0.05, 0) is 0 Å². The predicted molar refractivity (Wildman–Crippen MR) is 131 cm³/mol. The van der Waals surface area contributed by atoms with Crippen molar-refractivity contribution in [2.45, 2.75) is 78.8 Å². The van der Waals surface area contributed by atoms with E-state index in [0.29, 0.717) is 5.56 Å². The van der Waals surface area contributed by atoms with Gasteiger partial charge in [0.15, 0.2) is 0 Å². The van der Waals surface area contributed by atoms with Gasteiger partial charge in [0.25, 0.3) is 0 Å². The fourth-order valence-corrected chi connectivity index (χ4v) is 21.4. The Morgan fingerprint density at radius 3 is 1.71 bits per heavy atom. The quantitative estimate of drug-likeness (QED) is 0.187. The van der Waals surface area contributed by atoms with Crippen LogP contribution < -0.4 is 0 Å². The normalized spacial score (nSPS) is 12.9. The van der Waals surface area contributed by atoms with Crippen LogP contribution in [-0.4, -0.2) is 18.4 Å². The molecule has 0 nitrogen and oxygen atoms in total. The van der Waals surface area contributed by atoms with Crippen LogP contribution in [0.5, 0.6) is 0 Å². The standard InChI is InChI=1S/C15H10F3.3C4H9.Sn/c16-15(17,18)14-9-5-4-8-13(14)11-10-12-6-2-1-3-7-12;3*1-3-4-2;/h1-10H;3*1,3-4H2,2H3;. The number of hydrogen-bond acceptors (Lipinski definition) is 0. The van der Waals surface area contributed by atoms with Crippen LogP contribution in [0.15, 0.2) is 54.6 Å². The van der Waals surface area contributed by atoms with E-state index >= 15 is 0 Å². The molecule has 4 heteroatoms. The summed E-state index contributed by atoms with van der Waals surface area (Å²) in [6, 6.07) is 16.2.